The van der Waals surface area contributed by atoms with E-state index in [1.54, 1.807) is 24.3 Å². The van der Waals surface area contributed by atoms with Crippen LogP contribution in [0.5, 0.6) is 0 Å². The number of fused-ring (bicyclic) bond motifs is 2. The van der Waals surface area contributed by atoms with Crippen LogP contribution in [-0.2, 0) is 0 Å². The number of rotatable bonds is 2. The SMILES string of the molecule is CC(C)N1C(=O)c2ccc3c4ccc5c6c(ccc(c7ccc(c2c37)C1=O)c64)C(=O)N(C(C)C)C5=O. The van der Waals surface area contributed by atoms with E-state index in [4.69, 9.17) is 0 Å². The lowest BCUT2D eigenvalue weighted by Gasteiger charge is -2.32. The van der Waals surface area contributed by atoms with Crippen molar-refractivity contribution in [2.24, 2.45) is 0 Å². The molecule has 0 spiro atoms. The van der Waals surface area contributed by atoms with Crippen LogP contribution in [0.1, 0.15) is 69.1 Å². The number of carbonyl (C=O) groups is 4. The molecule has 5 aromatic rings. The van der Waals surface area contributed by atoms with Crippen molar-refractivity contribution >= 4 is 66.7 Å². The van der Waals surface area contributed by atoms with Crippen molar-refractivity contribution in [1.29, 1.82) is 0 Å². The predicted molar refractivity (Wildman–Crippen MR) is 139 cm³/mol. The van der Waals surface area contributed by atoms with Gasteiger partial charge in [0.15, 0.2) is 0 Å². The number of benzene rings is 5. The van der Waals surface area contributed by atoms with Crippen LogP contribution in [0, 0.1) is 0 Å². The number of nitrogens with zero attached hydrogens (tertiary/aromatic N) is 2. The second-order valence-corrected chi connectivity index (χ2v) is 10.3. The van der Waals surface area contributed by atoms with E-state index in [9.17, 15) is 19.2 Å². The summed E-state index contributed by atoms with van der Waals surface area (Å²) in [6.45, 7) is 7.35. The van der Waals surface area contributed by atoms with Gasteiger partial charge in [-0.2, -0.15) is 0 Å². The molecular weight excluding hydrogens is 452 g/mol. The molecule has 2 heterocycles. The van der Waals surface area contributed by atoms with Gasteiger partial charge in [-0.3, -0.25) is 29.0 Å². The Hall–Kier alpha value is -4.32. The molecule has 4 amide bonds. The molecule has 0 saturated heterocycles. The van der Waals surface area contributed by atoms with Gasteiger partial charge in [0.2, 0.25) is 0 Å². The fourth-order valence-corrected chi connectivity index (χ4v) is 6.24. The van der Waals surface area contributed by atoms with Gasteiger partial charge < -0.3 is 0 Å². The van der Waals surface area contributed by atoms with E-state index in [-0.39, 0.29) is 35.7 Å². The van der Waals surface area contributed by atoms with Crippen LogP contribution in [0.2, 0.25) is 0 Å². The monoisotopic (exact) mass is 474 g/mol. The predicted octanol–water partition coefficient (Wildman–Crippen LogP) is 5.75. The highest BCUT2D eigenvalue weighted by atomic mass is 16.2. The van der Waals surface area contributed by atoms with Crippen LogP contribution in [0.3, 0.4) is 0 Å². The van der Waals surface area contributed by atoms with Crippen LogP contribution in [-0.4, -0.2) is 45.5 Å². The van der Waals surface area contributed by atoms with Crippen LogP contribution in [0.4, 0.5) is 0 Å². The van der Waals surface area contributed by atoms with Crippen LogP contribution < -0.4 is 0 Å². The molecule has 2 aliphatic rings. The van der Waals surface area contributed by atoms with Crippen molar-refractivity contribution in [3.05, 3.63) is 70.8 Å². The minimum Gasteiger partial charge on any atom is -0.272 e. The van der Waals surface area contributed by atoms with Gasteiger partial charge >= 0.3 is 0 Å². The lowest BCUT2D eigenvalue weighted by atomic mass is 9.82. The van der Waals surface area contributed by atoms with E-state index in [1.165, 1.54) is 9.80 Å². The van der Waals surface area contributed by atoms with E-state index < -0.39 is 0 Å². The minimum atomic E-state index is -0.285. The van der Waals surface area contributed by atoms with E-state index in [0.717, 1.165) is 32.3 Å². The Kier molecular flexibility index (Phi) is 3.89. The molecule has 5 aromatic carbocycles. The first-order valence-corrected chi connectivity index (χ1v) is 12.2. The summed E-state index contributed by atoms with van der Waals surface area (Å²) < 4.78 is 0. The van der Waals surface area contributed by atoms with Gasteiger partial charge in [-0.25, -0.2) is 0 Å². The molecule has 6 heteroatoms. The molecule has 6 nitrogen and oxygen atoms in total. The summed E-state index contributed by atoms with van der Waals surface area (Å²) in [6, 6.07) is 14.4. The molecule has 7 rings (SSSR count). The van der Waals surface area contributed by atoms with Crippen molar-refractivity contribution in [1.82, 2.24) is 9.80 Å². The lowest BCUT2D eigenvalue weighted by Crippen LogP contribution is -2.44. The Morgan fingerprint density at radius 3 is 0.889 bits per heavy atom. The summed E-state index contributed by atoms with van der Waals surface area (Å²) in [6.07, 6.45) is 0. The average molecular weight is 475 g/mol. The molecule has 0 saturated carbocycles. The van der Waals surface area contributed by atoms with Crippen molar-refractivity contribution in [2.45, 2.75) is 39.8 Å². The molecule has 0 aromatic heterocycles. The Labute approximate surface area is 206 Å². The quantitative estimate of drug-likeness (QED) is 0.186. The first-order chi connectivity index (χ1) is 17.2. The zero-order chi connectivity index (χ0) is 25.2. The van der Waals surface area contributed by atoms with E-state index in [0.29, 0.717) is 33.0 Å². The van der Waals surface area contributed by atoms with Crippen LogP contribution in [0.25, 0.3) is 43.1 Å². The summed E-state index contributed by atoms with van der Waals surface area (Å²) in [5.41, 5.74) is 2.08. The van der Waals surface area contributed by atoms with E-state index in [2.05, 4.69) is 0 Å². The highest BCUT2D eigenvalue weighted by molar-refractivity contribution is 6.41. The van der Waals surface area contributed by atoms with Gasteiger partial charge in [-0.1, -0.05) is 24.3 Å². The first kappa shape index (κ1) is 21.0. The number of carbonyl (C=O) groups excluding carboxylic acids is 4. The first-order valence-electron chi connectivity index (χ1n) is 12.2. The largest absolute Gasteiger partial charge is 0.272 e. The molecule has 0 bridgehead atoms. The molecule has 0 atom stereocenters. The molecule has 0 fully saturated rings. The second-order valence-electron chi connectivity index (χ2n) is 10.3. The Balaban J connectivity index is 1.66. The highest BCUT2D eigenvalue weighted by Gasteiger charge is 2.38. The average Bonchev–Trinajstić information content (AvgIpc) is 2.84. The molecule has 0 N–H and O–H groups in total. The van der Waals surface area contributed by atoms with Gasteiger partial charge in [0.1, 0.15) is 0 Å². The second kappa shape index (κ2) is 6.66. The molecular formula is C30H22N2O4. The molecule has 2 aliphatic heterocycles. The molecule has 36 heavy (non-hydrogen) atoms. The van der Waals surface area contributed by atoms with Crippen molar-refractivity contribution in [3.63, 3.8) is 0 Å². The van der Waals surface area contributed by atoms with Crippen molar-refractivity contribution < 1.29 is 19.2 Å². The standard InChI is InChI=1S/C30H22N2O4/c1-13(2)31-27(33)19-9-5-15-17-7-11-21-26-22(30(36)32(14(3)4)29(21)35)12-8-18(24(17)26)16-6-10-20(28(31)34)25(19)23(15)16/h5-14H,1-4H3. The number of hydrogen-bond donors (Lipinski definition) is 0. The molecule has 0 aliphatic carbocycles. The third-order valence-electron chi connectivity index (χ3n) is 7.73. The fourth-order valence-electron chi connectivity index (χ4n) is 6.24. The number of imide groups is 2. The Morgan fingerprint density at radius 1 is 0.417 bits per heavy atom. The van der Waals surface area contributed by atoms with Crippen LogP contribution >= 0.6 is 0 Å². The summed E-state index contributed by atoms with van der Waals surface area (Å²) in [7, 11) is 0. The highest BCUT2D eigenvalue weighted by Crippen LogP contribution is 2.46. The summed E-state index contributed by atoms with van der Waals surface area (Å²) >= 11 is 0. The smallest absolute Gasteiger partial charge is 0.261 e. The zero-order valence-corrected chi connectivity index (χ0v) is 20.3. The normalized spacial score (nSPS) is 15.8. The maximum Gasteiger partial charge on any atom is 0.261 e. The van der Waals surface area contributed by atoms with Crippen molar-refractivity contribution in [2.75, 3.05) is 0 Å². The minimum absolute atomic E-state index is 0.252. The Morgan fingerprint density at radius 2 is 0.667 bits per heavy atom. The Bertz CT molecular complexity index is 1620. The summed E-state index contributed by atoms with van der Waals surface area (Å²) in [5, 5.41) is 6.66. The lowest BCUT2D eigenvalue weighted by molar-refractivity contribution is 0.0547. The van der Waals surface area contributed by atoms with Crippen LogP contribution in [0.15, 0.2) is 48.5 Å². The van der Waals surface area contributed by atoms with E-state index >= 15 is 0 Å². The summed E-state index contributed by atoms with van der Waals surface area (Å²) in [5.74, 6) is -1.14. The van der Waals surface area contributed by atoms with Gasteiger partial charge in [0.25, 0.3) is 23.6 Å². The van der Waals surface area contributed by atoms with E-state index in [1.807, 2.05) is 52.0 Å². The van der Waals surface area contributed by atoms with Gasteiger partial charge in [0, 0.05) is 45.1 Å². The zero-order valence-electron chi connectivity index (χ0n) is 20.3. The third-order valence-corrected chi connectivity index (χ3v) is 7.73. The molecule has 0 radical (unpaired) electrons. The van der Waals surface area contributed by atoms with Gasteiger partial charge in [0.05, 0.1) is 0 Å². The molecule has 0 unspecified atom stereocenters. The molecule has 176 valence electrons. The fraction of sp³-hybridized carbons (Fsp3) is 0.200. The maximum absolute atomic E-state index is 13.3. The summed E-state index contributed by atoms with van der Waals surface area (Å²) in [4.78, 5) is 56.0. The van der Waals surface area contributed by atoms with Crippen molar-refractivity contribution in [3.8, 4) is 0 Å². The van der Waals surface area contributed by atoms with Gasteiger partial charge in [-0.15, -0.1) is 0 Å². The topological polar surface area (TPSA) is 74.8 Å². The number of hydrogen-bond acceptors (Lipinski definition) is 4. The number of amides is 4. The maximum atomic E-state index is 13.3. The van der Waals surface area contributed by atoms with Gasteiger partial charge in [-0.05, 0) is 84.3 Å². The third kappa shape index (κ3) is 2.27.